The zero-order valence-corrected chi connectivity index (χ0v) is 14.7. The molecule has 9 heteroatoms. The predicted molar refractivity (Wildman–Crippen MR) is 91.8 cm³/mol. The molecule has 0 aromatic heterocycles. The maximum atomic E-state index is 12.1. The molecule has 1 aromatic carbocycles. The van der Waals surface area contributed by atoms with Gasteiger partial charge in [0.2, 0.25) is 10.0 Å². The molecule has 0 aliphatic carbocycles. The van der Waals surface area contributed by atoms with Crippen LogP contribution in [0.4, 0.5) is 0 Å². The van der Waals surface area contributed by atoms with Gasteiger partial charge in [-0.3, -0.25) is 4.79 Å². The Kier molecular flexibility index (Phi) is 8.26. The summed E-state index contributed by atoms with van der Waals surface area (Å²) in [5.41, 5.74) is 0.167. The quantitative estimate of drug-likeness (QED) is 0.390. The molecule has 8 nitrogen and oxygen atoms in total. The van der Waals surface area contributed by atoms with Gasteiger partial charge in [-0.2, -0.15) is 0 Å². The van der Waals surface area contributed by atoms with Crippen molar-refractivity contribution < 1.29 is 27.9 Å². The van der Waals surface area contributed by atoms with Crippen molar-refractivity contribution in [2.45, 2.75) is 23.8 Å². The van der Waals surface area contributed by atoms with E-state index in [1.54, 1.807) is 6.08 Å². The highest BCUT2D eigenvalue weighted by Gasteiger charge is 2.20. The lowest BCUT2D eigenvalue weighted by atomic mass is 10.1. The smallest absolute Gasteiger partial charge is 0.326 e. The summed E-state index contributed by atoms with van der Waals surface area (Å²) in [5.74, 6) is -1.73. The summed E-state index contributed by atoms with van der Waals surface area (Å²) >= 11 is 0. The van der Waals surface area contributed by atoms with Crippen LogP contribution in [0.15, 0.2) is 41.8 Å². The second-order valence-electron chi connectivity index (χ2n) is 5.15. The number of methoxy groups -OCH3 is 1. The Morgan fingerprint density at radius 1 is 1.32 bits per heavy atom. The molecule has 1 amide bonds. The van der Waals surface area contributed by atoms with Crippen molar-refractivity contribution in [1.82, 2.24) is 10.0 Å². The third kappa shape index (κ3) is 6.65. The fourth-order valence-corrected chi connectivity index (χ4v) is 2.94. The Morgan fingerprint density at radius 2 is 1.96 bits per heavy atom. The van der Waals surface area contributed by atoms with Gasteiger partial charge in [0, 0.05) is 19.2 Å². The van der Waals surface area contributed by atoms with E-state index in [0.717, 1.165) is 0 Å². The van der Waals surface area contributed by atoms with Crippen LogP contribution in [0.1, 0.15) is 23.2 Å². The predicted octanol–water partition coefficient (Wildman–Crippen LogP) is 0.761. The number of amides is 1. The minimum atomic E-state index is -3.69. The number of carboxylic acids is 1. The first-order chi connectivity index (χ1) is 11.8. The number of carbonyl (C=O) groups excluding carboxylic acids is 1. The van der Waals surface area contributed by atoms with E-state index in [-0.39, 0.29) is 30.0 Å². The molecule has 0 bridgehead atoms. The van der Waals surface area contributed by atoms with Gasteiger partial charge in [-0.05, 0) is 37.1 Å². The van der Waals surface area contributed by atoms with Gasteiger partial charge in [-0.15, -0.1) is 6.58 Å². The largest absolute Gasteiger partial charge is 0.480 e. The Labute approximate surface area is 146 Å². The Balaban J connectivity index is 2.79. The average Bonchev–Trinajstić information content (AvgIpc) is 2.58. The number of benzene rings is 1. The van der Waals surface area contributed by atoms with E-state index in [0.29, 0.717) is 6.42 Å². The SMILES string of the molecule is C=CCCC(NC(=O)c1ccc(S(=O)(=O)NCCOC)cc1)C(=O)O. The van der Waals surface area contributed by atoms with Crippen LogP contribution < -0.4 is 10.0 Å². The Hall–Kier alpha value is -2.23. The first-order valence-corrected chi connectivity index (χ1v) is 9.03. The summed E-state index contributed by atoms with van der Waals surface area (Å²) in [4.78, 5) is 23.3. The molecule has 0 saturated heterocycles. The zero-order chi connectivity index (χ0) is 18.9. The molecule has 0 radical (unpaired) electrons. The lowest BCUT2D eigenvalue weighted by molar-refractivity contribution is -0.139. The van der Waals surface area contributed by atoms with Crippen LogP contribution in [0.25, 0.3) is 0 Å². The van der Waals surface area contributed by atoms with Crippen LogP contribution in [0.3, 0.4) is 0 Å². The van der Waals surface area contributed by atoms with Crippen molar-refractivity contribution in [3.63, 3.8) is 0 Å². The minimum absolute atomic E-state index is 0.00148. The number of rotatable bonds is 11. The van der Waals surface area contributed by atoms with Crippen molar-refractivity contribution in [2.75, 3.05) is 20.3 Å². The molecule has 0 fully saturated rings. The second kappa shape index (κ2) is 9.92. The van der Waals surface area contributed by atoms with Gasteiger partial charge >= 0.3 is 5.97 Å². The van der Waals surface area contributed by atoms with E-state index in [1.807, 2.05) is 0 Å². The molecule has 0 aliphatic heterocycles. The molecule has 0 heterocycles. The third-order valence-corrected chi connectivity index (χ3v) is 4.76. The summed E-state index contributed by atoms with van der Waals surface area (Å²) in [6.45, 7) is 3.88. The van der Waals surface area contributed by atoms with Crippen molar-refractivity contribution >= 4 is 21.9 Å². The van der Waals surface area contributed by atoms with E-state index >= 15 is 0 Å². The molecule has 0 aliphatic rings. The molecule has 138 valence electrons. The van der Waals surface area contributed by atoms with Gasteiger partial charge in [0.25, 0.3) is 5.91 Å². The number of carboxylic acid groups (broad SMARTS) is 1. The minimum Gasteiger partial charge on any atom is -0.480 e. The van der Waals surface area contributed by atoms with Crippen molar-refractivity contribution in [3.05, 3.63) is 42.5 Å². The molecule has 1 aromatic rings. The molecule has 0 saturated carbocycles. The van der Waals surface area contributed by atoms with E-state index in [1.165, 1.54) is 31.4 Å². The van der Waals surface area contributed by atoms with Crippen LogP contribution >= 0.6 is 0 Å². The number of hydrogen-bond donors (Lipinski definition) is 3. The average molecular weight is 370 g/mol. The van der Waals surface area contributed by atoms with Crippen LogP contribution in [-0.2, 0) is 19.6 Å². The van der Waals surface area contributed by atoms with E-state index in [4.69, 9.17) is 9.84 Å². The number of ether oxygens (including phenoxy) is 1. The molecule has 25 heavy (non-hydrogen) atoms. The monoisotopic (exact) mass is 370 g/mol. The summed E-state index contributed by atoms with van der Waals surface area (Å²) < 4.78 is 31.2. The van der Waals surface area contributed by atoms with Crippen LogP contribution in [0, 0.1) is 0 Å². The number of sulfonamides is 1. The maximum Gasteiger partial charge on any atom is 0.326 e. The van der Waals surface area contributed by atoms with Crippen molar-refractivity contribution in [3.8, 4) is 0 Å². The Bertz CT molecular complexity index is 700. The highest BCUT2D eigenvalue weighted by atomic mass is 32.2. The lowest BCUT2D eigenvalue weighted by Gasteiger charge is -2.14. The molecule has 1 atom stereocenters. The summed E-state index contributed by atoms with van der Waals surface area (Å²) in [5, 5.41) is 11.5. The number of hydrogen-bond acceptors (Lipinski definition) is 5. The number of aliphatic carboxylic acids is 1. The fraction of sp³-hybridized carbons (Fsp3) is 0.375. The van der Waals surface area contributed by atoms with Crippen LogP contribution in [-0.4, -0.2) is 51.7 Å². The zero-order valence-electron chi connectivity index (χ0n) is 13.9. The highest BCUT2D eigenvalue weighted by molar-refractivity contribution is 7.89. The van der Waals surface area contributed by atoms with Gasteiger partial charge in [0.15, 0.2) is 0 Å². The molecule has 0 spiro atoms. The number of carbonyl (C=O) groups is 2. The summed E-state index contributed by atoms with van der Waals surface area (Å²) in [7, 11) is -2.23. The molecular formula is C16H22N2O6S. The standard InChI is InChI=1S/C16H22N2O6S/c1-3-4-5-14(16(20)21)18-15(19)12-6-8-13(9-7-12)25(22,23)17-10-11-24-2/h3,6-9,14,17H,1,4-5,10-11H2,2H3,(H,18,19)(H,20,21). The third-order valence-electron chi connectivity index (χ3n) is 3.29. The number of allylic oxidation sites excluding steroid dienone is 1. The maximum absolute atomic E-state index is 12.1. The molecular weight excluding hydrogens is 348 g/mol. The molecule has 1 rings (SSSR count). The molecule has 1 unspecified atom stereocenters. The normalized spacial score (nSPS) is 12.4. The van der Waals surface area contributed by atoms with Crippen LogP contribution in [0.5, 0.6) is 0 Å². The number of nitrogens with one attached hydrogen (secondary N) is 2. The summed E-state index contributed by atoms with van der Waals surface area (Å²) in [6.07, 6.45) is 2.24. The van der Waals surface area contributed by atoms with Gasteiger partial charge < -0.3 is 15.2 Å². The summed E-state index contributed by atoms with van der Waals surface area (Å²) in [6, 6.07) is 4.18. The van der Waals surface area contributed by atoms with E-state index in [9.17, 15) is 18.0 Å². The second-order valence-corrected chi connectivity index (χ2v) is 6.91. The van der Waals surface area contributed by atoms with Gasteiger partial charge in [0.05, 0.1) is 11.5 Å². The van der Waals surface area contributed by atoms with Gasteiger partial charge in [0.1, 0.15) is 6.04 Å². The van der Waals surface area contributed by atoms with E-state index in [2.05, 4.69) is 16.6 Å². The van der Waals surface area contributed by atoms with E-state index < -0.39 is 27.9 Å². The topological polar surface area (TPSA) is 122 Å². The highest BCUT2D eigenvalue weighted by Crippen LogP contribution is 2.11. The lowest BCUT2D eigenvalue weighted by Crippen LogP contribution is -2.40. The molecule has 3 N–H and O–H groups in total. The van der Waals surface area contributed by atoms with Gasteiger partial charge in [-0.25, -0.2) is 17.9 Å². The fourth-order valence-electron chi connectivity index (χ4n) is 1.93. The van der Waals surface area contributed by atoms with Crippen LogP contribution in [0.2, 0.25) is 0 Å². The van der Waals surface area contributed by atoms with Crippen molar-refractivity contribution in [2.24, 2.45) is 0 Å². The van der Waals surface area contributed by atoms with Crippen molar-refractivity contribution in [1.29, 1.82) is 0 Å². The van der Waals surface area contributed by atoms with Gasteiger partial charge in [-0.1, -0.05) is 6.08 Å². The first kappa shape index (κ1) is 20.8. The Morgan fingerprint density at radius 3 is 2.48 bits per heavy atom. The first-order valence-electron chi connectivity index (χ1n) is 7.55.